The van der Waals surface area contributed by atoms with E-state index in [-0.39, 0.29) is 31.2 Å². The van der Waals surface area contributed by atoms with Gasteiger partial charge in [0.2, 0.25) is 0 Å². The van der Waals surface area contributed by atoms with Gasteiger partial charge in [-0.15, -0.1) is 0 Å². The molecule has 100 valence electrons. The quantitative estimate of drug-likeness (QED) is 0.301. The molecule has 2 aliphatic rings. The van der Waals surface area contributed by atoms with Crippen LogP contribution in [-0.4, -0.2) is 59.7 Å². The standard InChI is InChI=1S/C12H18N2O4/c1-4-17-6-5-13-10(15)12(2,3)14(11(13)16)7-9-8-18-9/h4,9H,1,5-8H2,2-3H3. The Labute approximate surface area is 106 Å². The summed E-state index contributed by atoms with van der Waals surface area (Å²) < 4.78 is 10.1. The largest absolute Gasteiger partial charge is 0.500 e. The molecule has 6 nitrogen and oxygen atoms in total. The Hall–Kier alpha value is -1.56. The van der Waals surface area contributed by atoms with E-state index in [4.69, 9.17) is 9.47 Å². The van der Waals surface area contributed by atoms with E-state index in [1.165, 1.54) is 11.2 Å². The summed E-state index contributed by atoms with van der Waals surface area (Å²) in [7, 11) is 0. The number of amides is 3. The molecule has 1 unspecified atom stereocenters. The van der Waals surface area contributed by atoms with E-state index in [1.54, 1.807) is 18.7 Å². The highest BCUT2D eigenvalue weighted by atomic mass is 16.6. The minimum absolute atomic E-state index is 0.0744. The Morgan fingerprint density at radius 1 is 1.56 bits per heavy atom. The summed E-state index contributed by atoms with van der Waals surface area (Å²) in [5.41, 5.74) is -0.808. The summed E-state index contributed by atoms with van der Waals surface area (Å²) in [6.07, 6.45) is 1.37. The van der Waals surface area contributed by atoms with Crippen LogP contribution in [0, 0.1) is 0 Å². The van der Waals surface area contributed by atoms with Crippen molar-refractivity contribution in [1.29, 1.82) is 0 Å². The van der Waals surface area contributed by atoms with Crippen LogP contribution in [-0.2, 0) is 14.3 Å². The van der Waals surface area contributed by atoms with Gasteiger partial charge >= 0.3 is 6.03 Å². The molecule has 0 aromatic carbocycles. The van der Waals surface area contributed by atoms with Crippen molar-refractivity contribution >= 4 is 11.9 Å². The SMILES string of the molecule is C=COCCN1C(=O)N(CC2CO2)C(C)(C)C1=O. The molecule has 0 radical (unpaired) electrons. The minimum atomic E-state index is -0.808. The summed E-state index contributed by atoms with van der Waals surface area (Å²) in [5, 5.41) is 0. The van der Waals surface area contributed by atoms with Crippen LogP contribution in [0.25, 0.3) is 0 Å². The first-order valence-corrected chi connectivity index (χ1v) is 5.96. The normalized spacial score (nSPS) is 25.6. The smallest absolute Gasteiger partial charge is 0.327 e. The van der Waals surface area contributed by atoms with Gasteiger partial charge in [-0.05, 0) is 13.8 Å². The van der Waals surface area contributed by atoms with E-state index >= 15 is 0 Å². The monoisotopic (exact) mass is 254 g/mol. The lowest BCUT2D eigenvalue weighted by atomic mass is 10.0. The second kappa shape index (κ2) is 4.61. The fourth-order valence-electron chi connectivity index (χ4n) is 2.03. The van der Waals surface area contributed by atoms with Crippen molar-refractivity contribution in [1.82, 2.24) is 9.80 Å². The summed E-state index contributed by atoms with van der Waals surface area (Å²) in [6, 6.07) is -0.270. The lowest BCUT2D eigenvalue weighted by Crippen LogP contribution is -2.45. The highest BCUT2D eigenvalue weighted by Crippen LogP contribution is 2.29. The number of carbonyl (C=O) groups excluding carboxylic acids is 2. The number of hydrogen-bond donors (Lipinski definition) is 0. The summed E-state index contributed by atoms with van der Waals surface area (Å²) in [6.45, 7) is 8.57. The zero-order chi connectivity index (χ0) is 13.3. The van der Waals surface area contributed by atoms with Crippen LogP contribution in [0.5, 0.6) is 0 Å². The van der Waals surface area contributed by atoms with Gasteiger partial charge in [0.15, 0.2) is 0 Å². The Kier molecular flexibility index (Phi) is 3.30. The molecule has 6 heteroatoms. The Morgan fingerprint density at radius 3 is 2.78 bits per heavy atom. The fourth-order valence-corrected chi connectivity index (χ4v) is 2.03. The van der Waals surface area contributed by atoms with Crippen molar-refractivity contribution in [2.24, 2.45) is 0 Å². The molecule has 0 aliphatic carbocycles. The maximum atomic E-state index is 12.2. The van der Waals surface area contributed by atoms with E-state index in [0.717, 1.165) is 0 Å². The van der Waals surface area contributed by atoms with Gasteiger partial charge < -0.3 is 14.4 Å². The van der Waals surface area contributed by atoms with E-state index in [9.17, 15) is 9.59 Å². The third-order valence-electron chi connectivity index (χ3n) is 3.24. The molecule has 2 rings (SSSR count). The maximum Gasteiger partial charge on any atom is 0.327 e. The van der Waals surface area contributed by atoms with Crippen molar-refractivity contribution in [3.05, 3.63) is 12.8 Å². The number of nitrogens with zero attached hydrogens (tertiary/aromatic N) is 2. The lowest BCUT2D eigenvalue weighted by Gasteiger charge is -2.26. The van der Waals surface area contributed by atoms with Crippen molar-refractivity contribution in [3.63, 3.8) is 0 Å². The summed E-state index contributed by atoms with van der Waals surface area (Å²) in [5.74, 6) is -0.194. The first kappa shape index (κ1) is 12.9. The molecule has 18 heavy (non-hydrogen) atoms. The number of rotatable bonds is 6. The molecule has 0 N–H and O–H groups in total. The first-order valence-electron chi connectivity index (χ1n) is 5.96. The number of epoxide rings is 1. The minimum Gasteiger partial charge on any atom is -0.500 e. The molecule has 2 heterocycles. The molecular formula is C12H18N2O4. The molecule has 0 aromatic rings. The average Bonchev–Trinajstić information content (AvgIpc) is 3.11. The number of imide groups is 1. The summed E-state index contributed by atoms with van der Waals surface area (Å²) >= 11 is 0. The van der Waals surface area contributed by atoms with Gasteiger partial charge in [-0.2, -0.15) is 0 Å². The number of urea groups is 1. The molecule has 3 amide bonds. The second-order valence-corrected chi connectivity index (χ2v) is 4.90. The zero-order valence-corrected chi connectivity index (χ0v) is 10.7. The van der Waals surface area contributed by atoms with Crippen LogP contribution in [0.15, 0.2) is 12.8 Å². The van der Waals surface area contributed by atoms with Crippen molar-refractivity contribution in [3.8, 4) is 0 Å². The van der Waals surface area contributed by atoms with E-state index in [0.29, 0.717) is 13.2 Å². The topological polar surface area (TPSA) is 62.4 Å². The van der Waals surface area contributed by atoms with Crippen LogP contribution in [0.2, 0.25) is 0 Å². The maximum absolute atomic E-state index is 12.2. The Bertz CT molecular complexity index is 376. The predicted molar refractivity (Wildman–Crippen MR) is 63.8 cm³/mol. The van der Waals surface area contributed by atoms with Crippen LogP contribution in [0.4, 0.5) is 4.79 Å². The molecule has 0 saturated carbocycles. The fraction of sp³-hybridized carbons (Fsp3) is 0.667. The Balaban J connectivity index is 2.05. The van der Waals surface area contributed by atoms with E-state index in [1.807, 2.05) is 0 Å². The van der Waals surface area contributed by atoms with Crippen LogP contribution in [0.1, 0.15) is 13.8 Å². The van der Waals surface area contributed by atoms with Gasteiger partial charge in [-0.3, -0.25) is 9.69 Å². The molecule has 2 aliphatic heterocycles. The van der Waals surface area contributed by atoms with E-state index in [2.05, 4.69) is 6.58 Å². The highest BCUT2D eigenvalue weighted by Gasteiger charge is 2.52. The number of carbonyl (C=O) groups is 2. The molecule has 1 atom stereocenters. The predicted octanol–water partition coefficient (Wildman–Crippen LogP) is 0.588. The third kappa shape index (κ3) is 2.20. The molecular weight excluding hydrogens is 236 g/mol. The molecule has 2 saturated heterocycles. The van der Waals surface area contributed by atoms with E-state index < -0.39 is 5.54 Å². The van der Waals surface area contributed by atoms with Crippen molar-refractivity contribution in [2.45, 2.75) is 25.5 Å². The van der Waals surface area contributed by atoms with Gasteiger partial charge in [-0.25, -0.2) is 4.79 Å². The highest BCUT2D eigenvalue weighted by molar-refractivity contribution is 6.06. The number of ether oxygens (including phenoxy) is 2. The van der Waals surface area contributed by atoms with Gasteiger partial charge in [0.25, 0.3) is 5.91 Å². The molecule has 0 spiro atoms. The van der Waals surface area contributed by atoms with Gasteiger partial charge in [0.1, 0.15) is 12.1 Å². The Morgan fingerprint density at radius 2 is 2.22 bits per heavy atom. The molecule has 0 aromatic heterocycles. The zero-order valence-electron chi connectivity index (χ0n) is 10.7. The van der Waals surface area contributed by atoms with Crippen molar-refractivity contribution in [2.75, 3.05) is 26.3 Å². The molecule has 0 bridgehead atoms. The second-order valence-electron chi connectivity index (χ2n) is 4.90. The average molecular weight is 254 g/mol. The van der Waals surface area contributed by atoms with Gasteiger partial charge in [0, 0.05) is 0 Å². The van der Waals surface area contributed by atoms with Crippen LogP contribution >= 0.6 is 0 Å². The van der Waals surface area contributed by atoms with Crippen LogP contribution in [0.3, 0.4) is 0 Å². The van der Waals surface area contributed by atoms with Gasteiger partial charge in [-0.1, -0.05) is 6.58 Å². The number of hydrogen-bond acceptors (Lipinski definition) is 4. The summed E-state index contributed by atoms with van der Waals surface area (Å²) in [4.78, 5) is 27.2. The first-order chi connectivity index (χ1) is 8.48. The van der Waals surface area contributed by atoms with Gasteiger partial charge in [0.05, 0.1) is 32.1 Å². The molecule has 2 fully saturated rings. The lowest BCUT2D eigenvalue weighted by molar-refractivity contribution is -0.132. The third-order valence-corrected chi connectivity index (χ3v) is 3.24. The van der Waals surface area contributed by atoms with Crippen molar-refractivity contribution < 1.29 is 19.1 Å². The van der Waals surface area contributed by atoms with Crippen LogP contribution < -0.4 is 0 Å².